The van der Waals surface area contributed by atoms with E-state index >= 15 is 0 Å². The number of piperidine rings is 1. The number of hydrogen-bond donors (Lipinski definition) is 1. The van der Waals surface area contributed by atoms with E-state index in [2.05, 4.69) is 40.2 Å². The van der Waals surface area contributed by atoms with Crippen LogP contribution >= 0.6 is 0 Å². The van der Waals surface area contributed by atoms with Gasteiger partial charge in [0.05, 0.1) is 0 Å². The van der Waals surface area contributed by atoms with Crippen molar-refractivity contribution in [2.24, 2.45) is 7.05 Å². The number of rotatable bonds is 6. The summed E-state index contributed by atoms with van der Waals surface area (Å²) in [5.74, 6) is 0.931. The molecule has 1 N–H and O–H groups in total. The molecule has 1 aliphatic rings. The quantitative estimate of drug-likeness (QED) is 0.798. The molecule has 5 heteroatoms. The fourth-order valence-electron chi connectivity index (χ4n) is 2.52. The fraction of sp³-hybridized carbons (Fsp3) is 0.733. The summed E-state index contributed by atoms with van der Waals surface area (Å²) in [5.41, 5.74) is 1.41. The first kappa shape index (κ1) is 15.2. The molecule has 0 amide bonds. The van der Waals surface area contributed by atoms with E-state index < -0.39 is 0 Å². The molecule has 1 aromatic heterocycles. The van der Waals surface area contributed by atoms with Crippen LogP contribution in [0.15, 0.2) is 18.0 Å². The normalized spacial score (nSPS) is 17.4. The molecule has 0 radical (unpaired) electrons. The molecule has 1 aromatic rings. The van der Waals surface area contributed by atoms with Gasteiger partial charge in [-0.2, -0.15) is 5.10 Å². The molecular formula is C15H27N5. The highest BCUT2D eigenvalue weighted by Gasteiger charge is 2.17. The second-order valence-corrected chi connectivity index (χ2v) is 5.89. The average molecular weight is 277 g/mol. The van der Waals surface area contributed by atoms with Crippen molar-refractivity contribution in [3.8, 4) is 0 Å². The minimum Gasteiger partial charge on any atom is -0.313 e. The maximum atomic E-state index is 4.30. The first-order chi connectivity index (χ1) is 9.63. The van der Waals surface area contributed by atoms with Crippen molar-refractivity contribution in [1.82, 2.24) is 25.0 Å². The summed E-state index contributed by atoms with van der Waals surface area (Å²) in [6.07, 6.45) is 7.48. The summed E-state index contributed by atoms with van der Waals surface area (Å²) >= 11 is 0. The standard InChI is InChI=1S/C15H27N5/c1-13(2)5-9-20-10-6-14(7-11-20)16-8-4-15-17-12-19(3)18-15/h5,12,14,16H,4,6-11H2,1-3H3. The van der Waals surface area contributed by atoms with Crippen LogP contribution in [0.1, 0.15) is 32.5 Å². The lowest BCUT2D eigenvalue weighted by molar-refractivity contribution is 0.215. The van der Waals surface area contributed by atoms with Crippen molar-refractivity contribution in [3.63, 3.8) is 0 Å². The van der Waals surface area contributed by atoms with Crippen LogP contribution in [-0.4, -0.2) is 51.9 Å². The summed E-state index contributed by atoms with van der Waals surface area (Å²) in [7, 11) is 1.91. The maximum Gasteiger partial charge on any atom is 0.151 e. The van der Waals surface area contributed by atoms with E-state index in [0.29, 0.717) is 6.04 Å². The summed E-state index contributed by atoms with van der Waals surface area (Å²) in [5, 5.41) is 7.93. The number of likely N-dealkylation sites (tertiary alicyclic amines) is 1. The van der Waals surface area contributed by atoms with Gasteiger partial charge in [-0.05, 0) is 39.8 Å². The lowest BCUT2D eigenvalue weighted by Gasteiger charge is -2.31. The maximum absolute atomic E-state index is 4.30. The Morgan fingerprint density at radius 2 is 2.15 bits per heavy atom. The van der Waals surface area contributed by atoms with Crippen LogP contribution in [0.2, 0.25) is 0 Å². The molecule has 0 spiro atoms. The largest absolute Gasteiger partial charge is 0.313 e. The number of aromatic nitrogens is 3. The lowest BCUT2D eigenvalue weighted by atomic mass is 10.0. The second-order valence-electron chi connectivity index (χ2n) is 5.89. The molecule has 0 saturated carbocycles. The van der Waals surface area contributed by atoms with Crippen LogP contribution in [0.25, 0.3) is 0 Å². The fourth-order valence-corrected chi connectivity index (χ4v) is 2.52. The average Bonchev–Trinajstić information content (AvgIpc) is 2.83. The number of nitrogens with one attached hydrogen (secondary N) is 1. The Morgan fingerprint density at radius 1 is 1.40 bits per heavy atom. The highest BCUT2D eigenvalue weighted by Crippen LogP contribution is 2.10. The van der Waals surface area contributed by atoms with Gasteiger partial charge in [-0.25, -0.2) is 4.98 Å². The monoisotopic (exact) mass is 277 g/mol. The molecule has 2 rings (SSSR count). The minimum atomic E-state index is 0.654. The zero-order valence-electron chi connectivity index (χ0n) is 13.0. The summed E-state index contributed by atoms with van der Waals surface area (Å²) in [6, 6.07) is 0.654. The van der Waals surface area contributed by atoms with Crippen molar-refractivity contribution in [1.29, 1.82) is 0 Å². The van der Waals surface area contributed by atoms with E-state index in [-0.39, 0.29) is 0 Å². The molecule has 0 atom stereocenters. The molecule has 2 heterocycles. The number of nitrogens with zero attached hydrogens (tertiary/aromatic N) is 4. The van der Waals surface area contributed by atoms with E-state index in [1.54, 1.807) is 11.0 Å². The smallest absolute Gasteiger partial charge is 0.151 e. The highest BCUT2D eigenvalue weighted by atomic mass is 15.3. The molecule has 5 nitrogen and oxygen atoms in total. The van der Waals surface area contributed by atoms with Gasteiger partial charge in [-0.1, -0.05) is 11.6 Å². The third kappa shape index (κ3) is 5.06. The molecular weight excluding hydrogens is 250 g/mol. The number of allylic oxidation sites excluding steroid dienone is 1. The Labute approximate surface area is 122 Å². The van der Waals surface area contributed by atoms with E-state index in [4.69, 9.17) is 0 Å². The predicted molar refractivity (Wildman–Crippen MR) is 81.6 cm³/mol. The molecule has 1 saturated heterocycles. The third-order valence-corrected chi connectivity index (χ3v) is 3.77. The van der Waals surface area contributed by atoms with E-state index in [1.807, 2.05) is 7.05 Å². The first-order valence-corrected chi connectivity index (χ1v) is 7.57. The topological polar surface area (TPSA) is 46.0 Å². The van der Waals surface area contributed by atoms with Crippen molar-refractivity contribution in [2.45, 2.75) is 39.2 Å². The van der Waals surface area contributed by atoms with Crippen molar-refractivity contribution in [2.75, 3.05) is 26.2 Å². The van der Waals surface area contributed by atoms with Crippen LogP contribution in [-0.2, 0) is 13.5 Å². The molecule has 0 unspecified atom stereocenters. The zero-order chi connectivity index (χ0) is 14.4. The second kappa shape index (κ2) is 7.55. The van der Waals surface area contributed by atoms with Crippen molar-refractivity contribution >= 4 is 0 Å². The molecule has 0 aliphatic carbocycles. The van der Waals surface area contributed by atoms with Crippen molar-refractivity contribution < 1.29 is 0 Å². The SMILES string of the molecule is CC(C)=CCN1CCC(NCCc2ncn(C)n2)CC1. The van der Waals surface area contributed by atoms with Crippen LogP contribution in [0.3, 0.4) is 0 Å². The molecule has 112 valence electrons. The Morgan fingerprint density at radius 3 is 2.75 bits per heavy atom. The van der Waals surface area contributed by atoms with Gasteiger partial charge in [0, 0.05) is 32.6 Å². The Hall–Kier alpha value is -1.20. The summed E-state index contributed by atoms with van der Waals surface area (Å²) < 4.78 is 1.76. The van der Waals surface area contributed by atoms with Gasteiger partial charge >= 0.3 is 0 Å². The number of aryl methyl sites for hydroxylation is 1. The summed E-state index contributed by atoms with van der Waals surface area (Å²) in [4.78, 5) is 6.78. The minimum absolute atomic E-state index is 0.654. The van der Waals surface area contributed by atoms with Gasteiger partial charge in [0.2, 0.25) is 0 Å². The van der Waals surface area contributed by atoms with E-state index in [0.717, 1.165) is 25.3 Å². The molecule has 1 fully saturated rings. The first-order valence-electron chi connectivity index (χ1n) is 7.57. The lowest BCUT2D eigenvalue weighted by Crippen LogP contribution is -2.43. The Balaban J connectivity index is 1.61. The third-order valence-electron chi connectivity index (χ3n) is 3.77. The molecule has 1 aliphatic heterocycles. The highest BCUT2D eigenvalue weighted by molar-refractivity contribution is 4.95. The van der Waals surface area contributed by atoms with Gasteiger partial charge < -0.3 is 5.32 Å². The van der Waals surface area contributed by atoms with Crippen molar-refractivity contribution in [3.05, 3.63) is 23.8 Å². The van der Waals surface area contributed by atoms with Gasteiger partial charge in [0.1, 0.15) is 6.33 Å². The Kier molecular flexibility index (Phi) is 5.73. The van der Waals surface area contributed by atoms with Crippen LogP contribution in [0, 0.1) is 0 Å². The number of hydrogen-bond acceptors (Lipinski definition) is 4. The van der Waals surface area contributed by atoms with Gasteiger partial charge in [0.25, 0.3) is 0 Å². The van der Waals surface area contributed by atoms with Gasteiger partial charge in [0.15, 0.2) is 5.82 Å². The van der Waals surface area contributed by atoms with Gasteiger partial charge in [-0.15, -0.1) is 0 Å². The van der Waals surface area contributed by atoms with Crippen LogP contribution in [0.5, 0.6) is 0 Å². The predicted octanol–water partition coefficient (Wildman–Crippen LogP) is 1.38. The molecule has 0 aromatic carbocycles. The molecule has 20 heavy (non-hydrogen) atoms. The summed E-state index contributed by atoms with van der Waals surface area (Å²) in [6.45, 7) is 8.81. The van der Waals surface area contributed by atoms with E-state index in [1.165, 1.54) is 31.5 Å². The van der Waals surface area contributed by atoms with Crippen LogP contribution < -0.4 is 5.32 Å². The molecule has 0 bridgehead atoms. The van der Waals surface area contributed by atoms with Gasteiger partial charge in [-0.3, -0.25) is 9.58 Å². The Bertz CT molecular complexity index is 425. The van der Waals surface area contributed by atoms with E-state index in [9.17, 15) is 0 Å². The van der Waals surface area contributed by atoms with Crippen LogP contribution in [0.4, 0.5) is 0 Å². The zero-order valence-corrected chi connectivity index (χ0v) is 13.0.